The maximum absolute atomic E-state index is 10.8. The molecule has 0 aromatic heterocycles. The van der Waals surface area contributed by atoms with Gasteiger partial charge in [-0.1, -0.05) is 12.1 Å². The average molecular weight is 192 g/mol. The fraction of sp³-hybridized carbons (Fsp3) is 0.364. The highest BCUT2D eigenvalue weighted by molar-refractivity contribution is 5.81. The Kier molecular flexibility index (Phi) is 1.95. The molecule has 0 aliphatic heterocycles. The van der Waals surface area contributed by atoms with Crippen molar-refractivity contribution < 1.29 is 14.6 Å². The van der Waals surface area contributed by atoms with Crippen LogP contribution in [0.2, 0.25) is 0 Å². The first-order valence-corrected chi connectivity index (χ1v) is 4.61. The zero-order valence-corrected chi connectivity index (χ0v) is 7.99. The first kappa shape index (κ1) is 9.06. The van der Waals surface area contributed by atoms with Gasteiger partial charge in [0, 0.05) is 12.8 Å². The lowest BCUT2D eigenvalue weighted by Crippen LogP contribution is -2.28. The smallest absolute Gasteiger partial charge is 0.348 e. The molecule has 0 atom stereocenters. The number of rotatable bonds is 3. The van der Waals surface area contributed by atoms with E-state index < -0.39 is 11.6 Å². The number of hydrogen-bond acceptors (Lipinski definition) is 2. The van der Waals surface area contributed by atoms with Crippen LogP contribution in [0.4, 0.5) is 0 Å². The van der Waals surface area contributed by atoms with Crippen LogP contribution in [-0.4, -0.2) is 16.7 Å². The number of aryl methyl sites for hydroxylation is 1. The van der Waals surface area contributed by atoms with Crippen LogP contribution in [0.25, 0.3) is 0 Å². The molecular formula is C11H12O3. The van der Waals surface area contributed by atoms with Gasteiger partial charge in [0.25, 0.3) is 0 Å². The van der Waals surface area contributed by atoms with Crippen LogP contribution in [0.15, 0.2) is 24.3 Å². The second-order valence-corrected chi connectivity index (χ2v) is 3.72. The Morgan fingerprint density at radius 3 is 2.71 bits per heavy atom. The van der Waals surface area contributed by atoms with E-state index in [-0.39, 0.29) is 0 Å². The summed E-state index contributed by atoms with van der Waals surface area (Å²) in [6.45, 7) is 1.95. The largest absolute Gasteiger partial charge is 0.478 e. The Labute approximate surface area is 82.3 Å². The van der Waals surface area contributed by atoms with Crippen LogP contribution in [0.5, 0.6) is 5.75 Å². The van der Waals surface area contributed by atoms with E-state index >= 15 is 0 Å². The van der Waals surface area contributed by atoms with E-state index in [0.29, 0.717) is 18.6 Å². The SMILES string of the molecule is Cc1cccc(OC2(C(=O)O)CC2)c1. The summed E-state index contributed by atoms with van der Waals surface area (Å²) in [4.78, 5) is 10.8. The van der Waals surface area contributed by atoms with Gasteiger partial charge in [-0.25, -0.2) is 4.79 Å². The van der Waals surface area contributed by atoms with Crippen LogP contribution in [0.1, 0.15) is 18.4 Å². The molecule has 1 N–H and O–H groups in total. The van der Waals surface area contributed by atoms with Gasteiger partial charge < -0.3 is 9.84 Å². The van der Waals surface area contributed by atoms with Crippen molar-refractivity contribution in [3.05, 3.63) is 29.8 Å². The van der Waals surface area contributed by atoms with E-state index in [0.717, 1.165) is 5.56 Å². The van der Waals surface area contributed by atoms with Gasteiger partial charge in [-0.15, -0.1) is 0 Å². The minimum absolute atomic E-state index is 0.607. The maximum atomic E-state index is 10.8. The Balaban J connectivity index is 2.15. The van der Waals surface area contributed by atoms with Crippen LogP contribution in [-0.2, 0) is 4.79 Å². The van der Waals surface area contributed by atoms with E-state index in [9.17, 15) is 4.79 Å². The van der Waals surface area contributed by atoms with Gasteiger partial charge in [0.2, 0.25) is 5.60 Å². The van der Waals surface area contributed by atoms with Crippen molar-refractivity contribution in [3.8, 4) is 5.75 Å². The molecule has 0 heterocycles. The second-order valence-electron chi connectivity index (χ2n) is 3.72. The molecule has 1 fully saturated rings. The topological polar surface area (TPSA) is 46.5 Å². The monoisotopic (exact) mass is 192 g/mol. The summed E-state index contributed by atoms with van der Waals surface area (Å²) < 4.78 is 5.46. The van der Waals surface area contributed by atoms with Gasteiger partial charge >= 0.3 is 5.97 Å². The lowest BCUT2D eigenvalue weighted by atomic mass is 10.2. The van der Waals surface area contributed by atoms with Gasteiger partial charge in [-0.2, -0.15) is 0 Å². The molecule has 1 aromatic carbocycles. The predicted molar refractivity (Wildman–Crippen MR) is 51.4 cm³/mol. The zero-order valence-electron chi connectivity index (χ0n) is 7.99. The van der Waals surface area contributed by atoms with Crippen molar-refractivity contribution in [1.29, 1.82) is 0 Å². The van der Waals surface area contributed by atoms with Crippen molar-refractivity contribution in [2.75, 3.05) is 0 Å². The molecule has 1 aliphatic rings. The summed E-state index contributed by atoms with van der Waals surface area (Å²) in [5, 5.41) is 8.91. The van der Waals surface area contributed by atoms with Crippen molar-refractivity contribution >= 4 is 5.97 Å². The predicted octanol–water partition coefficient (Wildman–Crippen LogP) is 1.99. The van der Waals surface area contributed by atoms with E-state index in [1.807, 2.05) is 25.1 Å². The molecule has 0 saturated heterocycles. The van der Waals surface area contributed by atoms with Crippen LogP contribution in [0.3, 0.4) is 0 Å². The maximum Gasteiger partial charge on any atom is 0.348 e. The number of benzene rings is 1. The first-order valence-electron chi connectivity index (χ1n) is 4.61. The molecule has 14 heavy (non-hydrogen) atoms. The molecule has 1 aromatic rings. The Hall–Kier alpha value is -1.51. The van der Waals surface area contributed by atoms with Gasteiger partial charge in [0.05, 0.1) is 0 Å². The molecule has 2 rings (SSSR count). The summed E-state index contributed by atoms with van der Waals surface area (Å²) in [6.07, 6.45) is 1.21. The molecule has 0 unspecified atom stereocenters. The van der Waals surface area contributed by atoms with Crippen LogP contribution in [0, 0.1) is 6.92 Å². The fourth-order valence-electron chi connectivity index (χ4n) is 1.38. The van der Waals surface area contributed by atoms with E-state index in [1.54, 1.807) is 6.07 Å². The standard InChI is InChI=1S/C11H12O3/c1-8-3-2-4-9(7-8)14-11(5-6-11)10(12)13/h2-4,7H,5-6H2,1H3,(H,12,13). The summed E-state index contributed by atoms with van der Waals surface area (Å²) in [5.74, 6) is -0.219. The molecule has 1 saturated carbocycles. The quantitative estimate of drug-likeness (QED) is 0.796. The normalized spacial score (nSPS) is 17.5. The van der Waals surface area contributed by atoms with Crippen LogP contribution >= 0.6 is 0 Å². The minimum Gasteiger partial charge on any atom is -0.478 e. The van der Waals surface area contributed by atoms with Gasteiger partial charge in [0.15, 0.2) is 0 Å². The summed E-state index contributed by atoms with van der Waals surface area (Å²) in [6, 6.07) is 7.45. The molecule has 74 valence electrons. The lowest BCUT2D eigenvalue weighted by Gasteiger charge is -2.13. The number of carboxylic acids is 1. The molecule has 0 bridgehead atoms. The second kappa shape index (κ2) is 3.01. The highest BCUT2D eigenvalue weighted by Gasteiger charge is 2.53. The molecule has 0 spiro atoms. The van der Waals surface area contributed by atoms with Gasteiger partial charge in [-0.05, 0) is 24.6 Å². The Bertz CT molecular complexity index is 367. The Morgan fingerprint density at radius 2 is 2.21 bits per heavy atom. The molecule has 0 amide bonds. The number of ether oxygens (including phenoxy) is 1. The first-order chi connectivity index (χ1) is 6.62. The molecular weight excluding hydrogens is 180 g/mol. The summed E-state index contributed by atoms with van der Waals surface area (Å²) >= 11 is 0. The van der Waals surface area contributed by atoms with Crippen molar-refractivity contribution in [2.45, 2.75) is 25.4 Å². The average Bonchev–Trinajstić information content (AvgIpc) is 2.85. The van der Waals surface area contributed by atoms with Crippen LogP contribution < -0.4 is 4.74 Å². The van der Waals surface area contributed by atoms with Crippen molar-refractivity contribution in [3.63, 3.8) is 0 Å². The summed E-state index contributed by atoms with van der Waals surface area (Å²) in [5.41, 5.74) is 0.136. The number of carboxylic acid groups (broad SMARTS) is 1. The number of aliphatic carboxylic acids is 1. The third-order valence-electron chi connectivity index (χ3n) is 2.40. The molecule has 3 heteroatoms. The van der Waals surface area contributed by atoms with E-state index in [1.165, 1.54) is 0 Å². The molecule has 0 radical (unpaired) electrons. The number of hydrogen-bond donors (Lipinski definition) is 1. The lowest BCUT2D eigenvalue weighted by molar-refractivity contribution is -0.147. The highest BCUT2D eigenvalue weighted by Crippen LogP contribution is 2.40. The zero-order chi connectivity index (χ0) is 10.2. The fourth-order valence-corrected chi connectivity index (χ4v) is 1.38. The van der Waals surface area contributed by atoms with Gasteiger partial charge in [-0.3, -0.25) is 0 Å². The minimum atomic E-state index is -0.937. The Morgan fingerprint density at radius 1 is 1.50 bits per heavy atom. The van der Waals surface area contributed by atoms with Crippen molar-refractivity contribution in [1.82, 2.24) is 0 Å². The molecule has 1 aliphatic carbocycles. The third-order valence-corrected chi connectivity index (χ3v) is 2.40. The van der Waals surface area contributed by atoms with E-state index in [4.69, 9.17) is 9.84 Å². The van der Waals surface area contributed by atoms with Gasteiger partial charge in [0.1, 0.15) is 5.75 Å². The highest BCUT2D eigenvalue weighted by atomic mass is 16.5. The molecule has 3 nitrogen and oxygen atoms in total. The van der Waals surface area contributed by atoms with Crippen molar-refractivity contribution in [2.24, 2.45) is 0 Å². The van der Waals surface area contributed by atoms with E-state index in [2.05, 4.69) is 0 Å². The number of carbonyl (C=O) groups is 1. The third kappa shape index (κ3) is 1.58. The summed E-state index contributed by atoms with van der Waals surface area (Å²) in [7, 11) is 0.